The molecule has 0 amide bonds. The van der Waals surface area contributed by atoms with E-state index in [-0.39, 0.29) is 0 Å². The van der Waals surface area contributed by atoms with Crippen molar-refractivity contribution in [3.63, 3.8) is 0 Å². The summed E-state index contributed by atoms with van der Waals surface area (Å²) in [5.74, 6) is 2.35. The lowest BCUT2D eigenvalue weighted by atomic mass is 10.1. The third-order valence-corrected chi connectivity index (χ3v) is 9.34. The minimum Gasteiger partial charge on any atom is -0.379 e. The van der Waals surface area contributed by atoms with E-state index in [1.54, 1.807) is 0 Å². The van der Waals surface area contributed by atoms with Gasteiger partial charge in [-0.3, -0.25) is 9.34 Å². The zero-order valence-corrected chi connectivity index (χ0v) is 15.1. The molecule has 3 aliphatic heterocycles. The van der Waals surface area contributed by atoms with Crippen molar-refractivity contribution >= 4 is 18.1 Å². The number of hydrogen-bond acceptors (Lipinski definition) is 4. The molecular formula is C15H28N3O2PS. The standard InChI is InChI=1S/C15H28N3O2PS/c22-21(17-6-11-19-12-7-17,18-8-13-20-14-9-18)15-10-16-4-2-1-3-5-16/h10,15H,1-9,11-14H2/b15-10+. The molecule has 0 unspecified atom stereocenters. The molecule has 0 bridgehead atoms. The maximum atomic E-state index is 6.25. The molecule has 3 rings (SSSR count). The van der Waals surface area contributed by atoms with Gasteiger partial charge in [0.25, 0.3) is 0 Å². The normalized spacial score (nSPS) is 26.6. The Labute approximate surface area is 139 Å². The van der Waals surface area contributed by atoms with Gasteiger partial charge in [0.05, 0.1) is 26.4 Å². The minimum atomic E-state index is -1.82. The monoisotopic (exact) mass is 345 g/mol. The summed E-state index contributed by atoms with van der Waals surface area (Å²) in [5.41, 5.74) is 0. The first-order chi connectivity index (χ1) is 10.8. The van der Waals surface area contributed by atoms with E-state index in [0.29, 0.717) is 0 Å². The Kier molecular flexibility index (Phi) is 6.31. The average molecular weight is 345 g/mol. The Morgan fingerprint density at radius 2 is 1.23 bits per heavy atom. The highest BCUT2D eigenvalue weighted by molar-refractivity contribution is 8.13. The van der Waals surface area contributed by atoms with Crippen molar-refractivity contribution in [1.82, 2.24) is 14.2 Å². The van der Waals surface area contributed by atoms with Crippen LogP contribution in [-0.2, 0) is 21.3 Å². The quantitative estimate of drug-likeness (QED) is 0.723. The number of morpholine rings is 2. The molecule has 3 aliphatic rings. The van der Waals surface area contributed by atoms with Gasteiger partial charge < -0.3 is 14.4 Å². The maximum absolute atomic E-state index is 6.25. The predicted molar refractivity (Wildman–Crippen MR) is 93.6 cm³/mol. The molecule has 3 heterocycles. The lowest BCUT2D eigenvalue weighted by Crippen LogP contribution is -2.42. The van der Waals surface area contributed by atoms with Crippen LogP contribution < -0.4 is 0 Å². The molecule has 0 aliphatic carbocycles. The average Bonchev–Trinajstić information content (AvgIpc) is 2.62. The molecule has 0 radical (unpaired) electrons. The Bertz CT molecular complexity index is 395. The Hall–Kier alpha value is 0.0300. The summed E-state index contributed by atoms with van der Waals surface area (Å²) in [6.45, 7) is 9.41. The summed E-state index contributed by atoms with van der Waals surface area (Å²) in [6.07, 6.45) is 4.46. The lowest BCUT2D eigenvalue weighted by Gasteiger charge is -2.44. The first kappa shape index (κ1) is 16.9. The molecule has 0 atom stereocenters. The third kappa shape index (κ3) is 4.11. The van der Waals surface area contributed by atoms with Crippen LogP contribution in [0.2, 0.25) is 0 Å². The summed E-state index contributed by atoms with van der Waals surface area (Å²) in [5, 5.41) is 0. The van der Waals surface area contributed by atoms with Gasteiger partial charge in [-0.2, -0.15) is 0 Å². The SMILES string of the molecule is S=P(/C=C/N1CCCCC1)(N1CCOCC1)N1CCOCC1. The van der Waals surface area contributed by atoms with Crippen LogP contribution in [0.4, 0.5) is 0 Å². The van der Waals surface area contributed by atoms with Gasteiger partial charge in [-0.05, 0) is 25.1 Å². The molecule has 3 fully saturated rings. The van der Waals surface area contributed by atoms with Gasteiger partial charge in [0.15, 0.2) is 0 Å². The van der Waals surface area contributed by atoms with Gasteiger partial charge in [-0.15, -0.1) is 0 Å². The predicted octanol–water partition coefficient (Wildman–Crippen LogP) is 1.92. The Balaban J connectivity index is 1.74. The zero-order chi connectivity index (χ0) is 15.3. The zero-order valence-electron chi connectivity index (χ0n) is 13.4. The van der Waals surface area contributed by atoms with Gasteiger partial charge in [0.2, 0.25) is 0 Å². The number of rotatable bonds is 4. The molecule has 5 nitrogen and oxygen atoms in total. The molecule has 126 valence electrons. The second-order valence-electron chi connectivity index (χ2n) is 6.12. The van der Waals surface area contributed by atoms with Gasteiger partial charge in [0, 0.05) is 45.5 Å². The topological polar surface area (TPSA) is 28.2 Å². The van der Waals surface area contributed by atoms with E-state index in [9.17, 15) is 0 Å². The lowest BCUT2D eigenvalue weighted by molar-refractivity contribution is 0.0588. The molecule has 0 spiro atoms. The molecule has 0 saturated carbocycles. The van der Waals surface area contributed by atoms with Crippen LogP contribution in [0.5, 0.6) is 0 Å². The van der Waals surface area contributed by atoms with Crippen LogP contribution in [0.25, 0.3) is 0 Å². The summed E-state index contributed by atoms with van der Waals surface area (Å²) in [7, 11) is 0. The van der Waals surface area contributed by atoms with E-state index >= 15 is 0 Å². The summed E-state index contributed by atoms with van der Waals surface area (Å²) < 4.78 is 16.1. The van der Waals surface area contributed by atoms with Gasteiger partial charge in [0.1, 0.15) is 6.34 Å². The second kappa shape index (κ2) is 8.22. The van der Waals surface area contributed by atoms with E-state index in [1.165, 1.54) is 32.4 Å². The number of likely N-dealkylation sites (tertiary alicyclic amines) is 1. The van der Waals surface area contributed by atoms with Crippen molar-refractivity contribution in [2.45, 2.75) is 19.3 Å². The number of hydrogen-bond donors (Lipinski definition) is 0. The molecule has 0 N–H and O–H groups in total. The minimum absolute atomic E-state index is 0.806. The summed E-state index contributed by atoms with van der Waals surface area (Å²) >= 11 is 6.25. The van der Waals surface area contributed by atoms with E-state index in [4.69, 9.17) is 21.3 Å². The molecule has 0 aromatic rings. The first-order valence-electron chi connectivity index (χ1n) is 8.48. The fourth-order valence-electron chi connectivity index (χ4n) is 3.30. The molecule has 0 aromatic heterocycles. The van der Waals surface area contributed by atoms with Gasteiger partial charge >= 0.3 is 0 Å². The Morgan fingerprint density at radius 1 is 0.727 bits per heavy atom. The Morgan fingerprint density at radius 3 is 1.73 bits per heavy atom. The largest absolute Gasteiger partial charge is 0.379 e. The highest BCUT2D eigenvalue weighted by Crippen LogP contribution is 2.55. The van der Waals surface area contributed by atoms with Crippen LogP contribution in [-0.4, -0.2) is 79.9 Å². The fraction of sp³-hybridized carbons (Fsp3) is 0.867. The van der Waals surface area contributed by atoms with Crippen LogP contribution in [0.1, 0.15) is 19.3 Å². The maximum Gasteiger partial charge on any atom is 0.101 e. The smallest absolute Gasteiger partial charge is 0.101 e. The van der Waals surface area contributed by atoms with Crippen molar-refractivity contribution in [2.24, 2.45) is 0 Å². The molecule has 22 heavy (non-hydrogen) atoms. The third-order valence-electron chi connectivity index (χ3n) is 4.65. The second-order valence-corrected chi connectivity index (χ2v) is 10.3. The summed E-state index contributed by atoms with van der Waals surface area (Å²) in [6, 6.07) is 0. The van der Waals surface area contributed by atoms with Gasteiger partial charge in [-0.25, -0.2) is 0 Å². The van der Waals surface area contributed by atoms with E-state index in [0.717, 1.165) is 52.6 Å². The van der Waals surface area contributed by atoms with Crippen molar-refractivity contribution in [3.8, 4) is 0 Å². The number of ether oxygens (including phenoxy) is 2. The number of nitrogens with zero attached hydrogens (tertiary/aromatic N) is 3. The van der Waals surface area contributed by atoms with E-state index in [2.05, 4.69) is 26.3 Å². The molecular weight excluding hydrogens is 317 g/mol. The van der Waals surface area contributed by atoms with Crippen molar-refractivity contribution in [2.75, 3.05) is 65.7 Å². The molecule has 7 heteroatoms. The van der Waals surface area contributed by atoms with Crippen molar-refractivity contribution < 1.29 is 9.47 Å². The first-order valence-corrected chi connectivity index (χ1v) is 11.3. The van der Waals surface area contributed by atoms with Crippen molar-refractivity contribution in [3.05, 3.63) is 12.0 Å². The van der Waals surface area contributed by atoms with E-state index in [1.807, 2.05) is 0 Å². The van der Waals surface area contributed by atoms with Crippen LogP contribution in [0.15, 0.2) is 12.0 Å². The highest BCUT2D eigenvalue weighted by Gasteiger charge is 2.32. The fourth-order valence-corrected chi connectivity index (χ4v) is 7.01. The highest BCUT2D eigenvalue weighted by atomic mass is 32.4. The van der Waals surface area contributed by atoms with Crippen LogP contribution >= 0.6 is 6.34 Å². The van der Waals surface area contributed by atoms with Crippen LogP contribution in [0, 0.1) is 0 Å². The molecule has 0 aromatic carbocycles. The van der Waals surface area contributed by atoms with Crippen LogP contribution in [0.3, 0.4) is 0 Å². The summed E-state index contributed by atoms with van der Waals surface area (Å²) in [4.78, 5) is 2.45. The van der Waals surface area contributed by atoms with Gasteiger partial charge in [-0.1, -0.05) is 11.8 Å². The molecule has 3 saturated heterocycles. The number of piperidine rings is 1. The van der Waals surface area contributed by atoms with Crippen molar-refractivity contribution in [1.29, 1.82) is 0 Å². The van der Waals surface area contributed by atoms with E-state index < -0.39 is 6.34 Å².